The van der Waals surface area contributed by atoms with Crippen molar-refractivity contribution in [3.63, 3.8) is 0 Å². The summed E-state index contributed by atoms with van der Waals surface area (Å²) in [6, 6.07) is 2.36. The molecule has 1 aromatic heterocycles. The molecule has 0 aliphatic carbocycles. The monoisotopic (exact) mass is 265 g/mol. The molecule has 4 N–H and O–H groups in total. The van der Waals surface area contributed by atoms with E-state index in [-0.39, 0.29) is 17.0 Å². The highest BCUT2D eigenvalue weighted by Crippen LogP contribution is 2.37. The molecule has 0 spiro atoms. The molecule has 4 nitrogen and oxygen atoms in total. The molecule has 0 unspecified atom stereocenters. The second kappa shape index (κ2) is 4.73. The molecule has 2 rings (SSSR count). The Bertz CT molecular complexity index is 622. The average Bonchev–Trinajstić information content (AvgIpc) is 2.68. The Morgan fingerprint density at radius 3 is 2.89 bits per heavy atom. The number of hydrogen-bond acceptors (Lipinski definition) is 4. The van der Waals surface area contributed by atoms with Crippen LogP contribution < -0.4 is 5.73 Å². The van der Waals surface area contributed by atoms with Crippen LogP contribution in [0.2, 0.25) is 0 Å². The predicted octanol–water partition coefficient (Wildman–Crippen LogP) is 2.71. The quantitative estimate of drug-likeness (QED) is 0.498. The van der Waals surface area contributed by atoms with E-state index in [9.17, 15) is 9.50 Å². The Kier molecular flexibility index (Phi) is 3.29. The number of rotatable bonds is 2. The maximum Gasteiger partial charge on any atom is 0.147 e. The molecule has 0 aliphatic heterocycles. The fourth-order valence-electron chi connectivity index (χ4n) is 1.74. The van der Waals surface area contributed by atoms with E-state index in [1.807, 2.05) is 6.92 Å². The van der Waals surface area contributed by atoms with Crippen LogP contribution in [0.3, 0.4) is 0 Å². The molecule has 1 aromatic carbocycles. The number of nitrogen functional groups attached to an aromatic ring is 1. The fraction of sp³-hybridized carbons (Fsp3) is 0.0833. The summed E-state index contributed by atoms with van der Waals surface area (Å²) in [6.07, 6.45) is 1.70. The number of aromatic hydroxyl groups is 1. The van der Waals surface area contributed by atoms with Crippen molar-refractivity contribution in [2.24, 2.45) is 0 Å². The zero-order chi connectivity index (χ0) is 13.3. The number of phenols is 1. The van der Waals surface area contributed by atoms with Crippen molar-refractivity contribution in [2.45, 2.75) is 6.92 Å². The van der Waals surface area contributed by atoms with Crippen LogP contribution in [0.5, 0.6) is 5.75 Å². The summed E-state index contributed by atoms with van der Waals surface area (Å²) in [5.74, 6) is -0.710. The smallest absolute Gasteiger partial charge is 0.147 e. The molecular formula is C12H12FN3OS. The van der Waals surface area contributed by atoms with Gasteiger partial charge in [0.25, 0.3) is 0 Å². The maximum atomic E-state index is 13.5. The molecular weight excluding hydrogens is 253 g/mol. The van der Waals surface area contributed by atoms with E-state index in [4.69, 9.17) is 5.73 Å². The van der Waals surface area contributed by atoms with Gasteiger partial charge in [0.2, 0.25) is 0 Å². The van der Waals surface area contributed by atoms with Gasteiger partial charge in [0, 0.05) is 11.3 Å². The Morgan fingerprint density at radius 2 is 2.22 bits per heavy atom. The lowest BCUT2D eigenvalue weighted by Gasteiger charge is -2.07. The minimum absolute atomic E-state index is 0.116. The number of benzene rings is 1. The molecule has 18 heavy (non-hydrogen) atoms. The van der Waals surface area contributed by atoms with Gasteiger partial charge in [-0.25, -0.2) is 4.39 Å². The number of aryl methyl sites for hydroxylation is 1. The summed E-state index contributed by atoms with van der Waals surface area (Å²) in [7, 11) is 0. The number of nitrogens with two attached hydrogens (primary N) is 1. The molecule has 0 aliphatic rings. The Balaban J connectivity index is 2.73. The summed E-state index contributed by atoms with van der Waals surface area (Å²) in [5.41, 5.74) is 7.59. The lowest BCUT2D eigenvalue weighted by Crippen LogP contribution is -1.96. The van der Waals surface area contributed by atoms with Crippen LogP contribution in [0.25, 0.3) is 17.3 Å². The standard InChI is InChI=1S/C12H12FN3OS/c1-6-7(4-5-18)12(16-15-6)10-9(17)3-2-8(13)11(10)14/h2-5,17-18H,14H2,1H3,(H,15,16)/b5-4+. The summed E-state index contributed by atoms with van der Waals surface area (Å²) >= 11 is 4.00. The third-order valence-corrected chi connectivity index (χ3v) is 2.79. The lowest BCUT2D eigenvalue weighted by molar-refractivity contribution is 0.475. The van der Waals surface area contributed by atoms with E-state index in [2.05, 4.69) is 22.8 Å². The van der Waals surface area contributed by atoms with Crippen molar-refractivity contribution in [1.82, 2.24) is 10.2 Å². The normalized spacial score (nSPS) is 11.3. The lowest BCUT2D eigenvalue weighted by atomic mass is 10.0. The number of nitrogens with zero attached hydrogens (tertiary/aromatic N) is 1. The van der Waals surface area contributed by atoms with Gasteiger partial charge >= 0.3 is 0 Å². The van der Waals surface area contributed by atoms with Gasteiger partial charge in [0.15, 0.2) is 0 Å². The van der Waals surface area contributed by atoms with E-state index >= 15 is 0 Å². The van der Waals surface area contributed by atoms with Crippen LogP contribution in [0.4, 0.5) is 10.1 Å². The molecule has 0 saturated heterocycles. The number of halogens is 1. The molecule has 0 bridgehead atoms. The van der Waals surface area contributed by atoms with Crippen LogP contribution in [-0.2, 0) is 0 Å². The third kappa shape index (κ3) is 1.95. The first kappa shape index (κ1) is 12.5. The largest absolute Gasteiger partial charge is 0.507 e. The number of phenolic OH excluding ortho intramolecular Hbond substituents is 1. The van der Waals surface area contributed by atoms with Crippen LogP contribution in [0.1, 0.15) is 11.3 Å². The van der Waals surface area contributed by atoms with Crippen LogP contribution in [-0.4, -0.2) is 15.3 Å². The highest BCUT2D eigenvalue weighted by Gasteiger charge is 2.18. The van der Waals surface area contributed by atoms with Crippen LogP contribution in [0, 0.1) is 12.7 Å². The van der Waals surface area contributed by atoms with Gasteiger partial charge < -0.3 is 10.8 Å². The molecule has 0 amide bonds. The number of H-pyrrole nitrogens is 1. The molecule has 94 valence electrons. The van der Waals surface area contributed by atoms with Gasteiger partial charge in [-0.2, -0.15) is 17.7 Å². The van der Waals surface area contributed by atoms with Crippen LogP contribution in [0.15, 0.2) is 17.5 Å². The zero-order valence-electron chi connectivity index (χ0n) is 9.61. The molecule has 0 atom stereocenters. The zero-order valence-corrected chi connectivity index (χ0v) is 10.5. The predicted molar refractivity (Wildman–Crippen MR) is 72.8 cm³/mol. The second-order valence-electron chi connectivity index (χ2n) is 3.78. The fourth-order valence-corrected chi connectivity index (χ4v) is 1.89. The first-order valence-corrected chi connectivity index (χ1v) is 5.71. The molecule has 1 heterocycles. The number of thiol groups is 1. The van der Waals surface area contributed by atoms with Crippen molar-refractivity contribution in [3.8, 4) is 17.0 Å². The van der Waals surface area contributed by atoms with E-state index in [0.29, 0.717) is 11.3 Å². The summed E-state index contributed by atoms with van der Waals surface area (Å²) in [6.45, 7) is 1.81. The Labute approximate surface area is 109 Å². The summed E-state index contributed by atoms with van der Waals surface area (Å²) in [5, 5.41) is 18.2. The van der Waals surface area contributed by atoms with Crippen molar-refractivity contribution in [3.05, 3.63) is 34.6 Å². The molecule has 0 radical (unpaired) electrons. The van der Waals surface area contributed by atoms with E-state index in [1.54, 1.807) is 6.08 Å². The minimum atomic E-state index is -0.593. The van der Waals surface area contributed by atoms with Gasteiger partial charge in [-0.3, -0.25) is 5.10 Å². The van der Waals surface area contributed by atoms with E-state index in [1.165, 1.54) is 11.5 Å². The Hall–Kier alpha value is -1.95. The third-order valence-electron chi connectivity index (χ3n) is 2.64. The molecule has 2 aromatic rings. The van der Waals surface area contributed by atoms with Gasteiger partial charge in [0.1, 0.15) is 17.3 Å². The van der Waals surface area contributed by atoms with Gasteiger partial charge in [0.05, 0.1) is 11.3 Å². The number of aromatic amines is 1. The van der Waals surface area contributed by atoms with Gasteiger partial charge in [-0.05, 0) is 30.5 Å². The van der Waals surface area contributed by atoms with Crippen LogP contribution >= 0.6 is 12.6 Å². The summed E-state index contributed by atoms with van der Waals surface area (Å²) in [4.78, 5) is 0. The SMILES string of the molecule is Cc1[nH]nc(-c2c(O)ccc(F)c2N)c1/C=C/S. The number of nitrogens with one attached hydrogen (secondary N) is 1. The van der Waals surface area contributed by atoms with Gasteiger partial charge in [-0.15, -0.1) is 0 Å². The molecule has 0 fully saturated rings. The molecule has 0 saturated carbocycles. The van der Waals surface area contributed by atoms with Crippen molar-refractivity contribution in [2.75, 3.05) is 5.73 Å². The topological polar surface area (TPSA) is 74.9 Å². The van der Waals surface area contributed by atoms with Gasteiger partial charge in [-0.1, -0.05) is 0 Å². The van der Waals surface area contributed by atoms with E-state index in [0.717, 1.165) is 11.8 Å². The first-order valence-electron chi connectivity index (χ1n) is 5.19. The summed E-state index contributed by atoms with van der Waals surface area (Å²) < 4.78 is 13.5. The number of anilines is 1. The second-order valence-corrected chi connectivity index (χ2v) is 4.08. The van der Waals surface area contributed by atoms with Crippen molar-refractivity contribution < 1.29 is 9.50 Å². The molecule has 6 heteroatoms. The van der Waals surface area contributed by atoms with Crippen molar-refractivity contribution in [1.29, 1.82) is 0 Å². The van der Waals surface area contributed by atoms with E-state index < -0.39 is 5.82 Å². The highest BCUT2D eigenvalue weighted by atomic mass is 32.1. The minimum Gasteiger partial charge on any atom is -0.507 e. The first-order chi connectivity index (χ1) is 8.56. The number of aromatic nitrogens is 2. The van der Waals surface area contributed by atoms with Crippen molar-refractivity contribution >= 4 is 24.4 Å². The number of hydrogen-bond donors (Lipinski definition) is 4. The maximum absolute atomic E-state index is 13.5. The Morgan fingerprint density at radius 1 is 1.50 bits per heavy atom. The average molecular weight is 265 g/mol. The highest BCUT2D eigenvalue weighted by molar-refractivity contribution is 7.83.